The van der Waals surface area contributed by atoms with E-state index in [1.165, 1.54) is 0 Å². The summed E-state index contributed by atoms with van der Waals surface area (Å²) in [5.41, 5.74) is 3.04. The number of hydrogen-bond acceptors (Lipinski definition) is 4. The number of aryl methyl sites for hydroxylation is 1. The van der Waals surface area contributed by atoms with Gasteiger partial charge in [0.2, 0.25) is 5.95 Å². The molecule has 0 atom stereocenters. The predicted octanol–water partition coefficient (Wildman–Crippen LogP) is 4.85. The fourth-order valence-electron chi connectivity index (χ4n) is 2.89. The van der Waals surface area contributed by atoms with Crippen molar-refractivity contribution >= 4 is 38.5 Å². The number of fused-ring (bicyclic) bond motifs is 1. The molecule has 0 spiro atoms. The van der Waals surface area contributed by atoms with Crippen LogP contribution in [0.2, 0.25) is 0 Å². The van der Waals surface area contributed by atoms with E-state index in [2.05, 4.69) is 33.2 Å². The van der Waals surface area contributed by atoms with E-state index in [1.807, 2.05) is 54.6 Å². The standard InChI is InChI=1S/C21H17BrN4O/c1-2-15-9-10-16(13-23-15)24-21-25-19-11-8-14(22)12-18(19)20(27)26(21)17-6-4-3-5-7-17/h3-13H,2H2,1H3,(H,24,25). The predicted molar refractivity (Wildman–Crippen MR) is 112 cm³/mol. The van der Waals surface area contributed by atoms with Gasteiger partial charge in [-0.3, -0.25) is 9.78 Å². The minimum absolute atomic E-state index is 0.131. The molecule has 5 nitrogen and oxygen atoms in total. The third kappa shape index (κ3) is 3.48. The molecule has 27 heavy (non-hydrogen) atoms. The Bertz CT molecular complexity index is 1150. The van der Waals surface area contributed by atoms with Crippen LogP contribution in [-0.2, 0) is 6.42 Å². The summed E-state index contributed by atoms with van der Waals surface area (Å²) in [4.78, 5) is 22.3. The summed E-state index contributed by atoms with van der Waals surface area (Å²) in [6.07, 6.45) is 2.63. The molecule has 2 heterocycles. The topological polar surface area (TPSA) is 59.8 Å². The van der Waals surface area contributed by atoms with Crippen LogP contribution in [0.3, 0.4) is 0 Å². The monoisotopic (exact) mass is 420 g/mol. The molecule has 0 amide bonds. The average molecular weight is 421 g/mol. The maximum atomic E-state index is 13.2. The summed E-state index contributed by atoms with van der Waals surface area (Å²) in [5, 5.41) is 3.80. The van der Waals surface area contributed by atoms with Crippen molar-refractivity contribution in [1.82, 2.24) is 14.5 Å². The minimum Gasteiger partial charge on any atom is -0.324 e. The molecule has 0 aliphatic rings. The van der Waals surface area contributed by atoms with Crippen molar-refractivity contribution < 1.29 is 0 Å². The number of aromatic nitrogens is 3. The lowest BCUT2D eigenvalue weighted by molar-refractivity contribution is 0.971. The third-order valence-corrected chi connectivity index (χ3v) is 4.78. The summed E-state index contributed by atoms with van der Waals surface area (Å²) in [5.74, 6) is 0.451. The molecule has 0 saturated carbocycles. The van der Waals surface area contributed by atoms with E-state index in [4.69, 9.17) is 4.98 Å². The van der Waals surface area contributed by atoms with Crippen LogP contribution in [0.5, 0.6) is 0 Å². The molecule has 134 valence electrons. The third-order valence-electron chi connectivity index (χ3n) is 4.29. The lowest BCUT2D eigenvalue weighted by Gasteiger charge is -2.15. The van der Waals surface area contributed by atoms with Crippen LogP contribution in [0.15, 0.2) is 76.1 Å². The lowest BCUT2D eigenvalue weighted by Crippen LogP contribution is -2.22. The van der Waals surface area contributed by atoms with Crippen LogP contribution < -0.4 is 10.9 Å². The largest absolute Gasteiger partial charge is 0.324 e. The zero-order valence-electron chi connectivity index (χ0n) is 14.7. The summed E-state index contributed by atoms with van der Waals surface area (Å²) in [7, 11) is 0. The lowest BCUT2D eigenvalue weighted by atomic mass is 10.2. The Kier molecular flexibility index (Phi) is 4.73. The molecule has 0 fully saturated rings. The van der Waals surface area contributed by atoms with Gasteiger partial charge in [-0.05, 0) is 48.9 Å². The molecule has 0 radical (unpaired) electrons. The van der Waals surface area contributed by atoms with Gasteiger partial charge in [0, 0.05) is 10.2 Å². The Morgan fingerprint density at radius 1 is 1.07 bits per heavy atom. The first-order valence-electron chi connectivity index (χ1n) is 8.65. The normalized spacial score (nSPS) is 10.9. The average Bonchev–Trinajstić information content (AvgIpc) is 2.70. The highest BCUT2D eigenvalue weighted by atomic mass is 79.9. The quantitative estimate of drug-likeness (QED) is 0.512. The van der Waals surface area contributed by atoms with Gasteiger partial charge in [-0.15, -0.1) is 0 Å². The molecule has 2 aromatic carbocycles. The number of rotatable bonds is 4. The van der Waals surface area contributed by atoms with Gasteiger partial charge in [-0.25, -0.2) is 9.55 Å². The van der Waals surface area contributed by atoms with Crippen LogP contribution >= 0.6 is 15.9 Å². The summed E-state index contributed by atoms with van der Waals surface area (Å²) < 4.78 is 2.43. The van der Waals surface area contributed by atoms with Gasteiger partial charge in [0.05, 0.1) is 28.5 Å². The van der Waals surface area contributed by atoms with Gasteiger partial charge in [0.25, 0.3) is 5.56 Å². The number of pyridine rings is 1. The minimum atomic E-state index is -0.131. The summed E-state index contributed by atoms with van der Waals surface area (Å²) >= 11 is 3.43. The van der Waals surface area contributed by atoms with Gasteiger partial charge in [0.15, 0.2) is 0 Å². The number of anilines is 2. The molecule has 0 aliphatic carbocycles. The molecule has 6 heteroatoms. The van der Waals surface area contributed by atoms with Gasteiger partial charge in [0.1, 0.15) is 0 Å². The summed E-state index contributed by atoms with van der Waals surface area (Å²) in [6.45, 7) is 2.06. The second kappa shape index (κ2) is 7.32. The molecular weight excluding hydrogens is 404 g/mol. The number of benzene rings is 2. The van der Waals surface area contributed by atoms with Gasteiger partial charge in [-0.1, -0.05) is 41.1 Å². The Morgan fingerprint density at radius 3 is 2.59 bits per heavy atom. The molecule has 0 unspecified atom stereocenters. The molecule has 1 N–H and O–H groups in total. The number of halogens is 1. The van der Waals surface area contributed by atoms with E-state index in [-0.39, 0.29) is 5.56 Å². The van der Waals surface area contributed by atoms with Crippen LogP contribution in [0.25, 0.3) is 16.6 Å². The zero-order valence-corrected chi connectivity index (χ0v) is 16.3. The second-order valence-corrected chi connectivity index (χ2v) is 7.01. The first-order chi connectivity index (χ1) is 13.2. The van der Waals surface area contributed by atoms with E-state index in [1.54, 1.807) is 16.8 Å². The van der Waals surface area contributed by atoms with Crippen molar-refractivity contribution in [1.29, 1.82) is 0 Å². The highest BCUT2D eigenvalue weighted by Gasteiger charge is 2.13. The number of hydrogen-bond donors (Lipinski definition) is 1. The highest BCUT2D eigenvalue weighted by molar-refractivity contribution is 9.10. The van der Waals surface area contributed by atoms with Crippen molar-refractivity contribution in [3.63, 3.8) is 0 Å². The van der Waals surface area contributed by atoms with E-state index in [0.717, 1.165) is 28.0 Å². The first-order valence-corrected chi connectivity index (χ1v) is 9.44. The summed E-state index contributed by atoms with van der Waals surface area (Å²) in [6, 6.07) is 18.9. The molecule has 2 aromatic heterocycles. The first kappa shape index (κ1) is 17.4. The Balaban J connectivity index is 1.91. The molecule has 0 aliphatic heterocycles. The second-order valence-electron chi connectivity index (χ2n) is 6.09. The molecular formula is C21H17BrN4O. The van der Waals surface area contributed by atoms with Crippen molar-refractivity contribution in [3.8, 4) is 5.69 Å². The Hall–Kier alpha value is -2.99. The van der Waals surface area contributed by atoms with E-state index in [0.29, 0.717) is 16.9 Å². The van der Waals surface area contributed by atoms with Gasteiger partial charge in [-0.2, -0.15) is 0 Å². The van der Waals surface area contributed by atoms with Crippen LogP contribution in [0.4, 0.5) is 11.6 Å². The van der Waals surface area contributed by atoms with Gasteiger partial charge < -0.3 is 5.32 Å². The zero-order chi connectivity index (χ0) is 18.8. The Morgan fingerprint density at radius 2 is 1.89 bits per heavy atom. The van der Waals surface area contributed by atoms with Crippen LogP contribution in [0, 0.1) is 0 Å². The smallest absolute Gasteiger partial charge is 0.267 e. The van der Waals surface area contributed by atoms with Crippen LogP contribution in [-0.4, -0.2) is 14.5 Å². The molecule has 0 saturated heterocycles. The SMILES string of the molecule is CCc1ccc(Nc2nc3ccc(Br)cc3c(=O)n2-c2ccccc2)cn1. The van der Waals surface area contributed by atoms with Crippen molar-refractivity contribution in [2.75, 3.05) is 5.32 Å². The van der Waals surface area contributed by atoms with E-state index >= 15 is 0 Å². The van der Waals surface area contributed by atoms with E-state index in [9.17, 15) is 4.79 Å². The molecule has 4 rings (SSSR count). The molecule has 0 bridgehead atoms. The fourth-order valence-corrected chi connectivity index (χ4v) is 3.26. The van der Waals surface area contributed by atoms with Crippen LogP contribution in [0.1, 0.15) is 12.6 Å². The van der Waals surface area contributed by atoms with E-state index < -0.39 is 0 Å². The maximum Gasteiger partial charge on any atom is 0.267 e. The van der Waals surface area contributed by atoms with Crippen molar-refractivity contribution in [2.24, 2.45) is 0 Å². The maximum absolute atomic E-state index is 13.2. The number of nitrogens with one attached hydrogen (secondary N) is 1. The molecule has 4 aromatic rings. The number of nitrogens with zero attached hydrogens (tertiary/aromatic N) is 3. The fraction of sp³-hybridized carbons (Fsp3) is 0.0952. The highest BCUT2D eigenvalue weighted by Crippen LogP contribution is 2.22. The van der Waals surface area contributed by atoms with Gasteiger partial charge >= 0.3 is 0 Å². The number of para-hydroxylation sites is 1. The van der Waals surface area contributed by atoms with Crippen molar-refractivity contribution in [2.45, 2.75) is 13.3 Å². The van der Waals surface area contributed by atoms with Crippen molar-refractivity contribution in [3.05, 3.63) is 87.4 Å². The Labute approximate surface area is 164 Å².